The fourth-order valence-electron chi connectivity index (χ4n) is 3.68. The number of fused-ring (bicyclic) bond motifs is 1. The van der Waals surface area contributed by atoms with Gasteiger partial charge in [0.15, 0.2) is 0 Å². The lowest BCUT2D eigenvalue weighted by atomic mass is 9.92. The molecular formula is C23H28N2O. The van der Waals surface area contributed by atoms with Crippen LogP contribution >= 0.6 is 0 Å². The third-order valence-electron chi connectivity index (χ3n) is 5.43. The minimum Gasteiger partial charge on any atom is -0.398 e. The second kappa shape index (κ2) is 6.99. The number of rotatable bonds is 5. The number of nitrogens with two attached hydrogens (primary N) is 1. The first-order valence-electron chi connectivity index (χ1n) is 9.31. The fourth-order valence-corrected chi connectivity index (χ4v) is 3.68. The number of hydrogen-bond donors (Lipinski definition) is 1. The first-order chi connectivity index (χ1) is 12.3. The Bertz CT molecular complexity index is 882. The number of carbonyl (C=O) groups excluding carboxylic acids is 1. The van der Waals surface area contributed by atoms with Crippen LogP contribution in [0.2, 0.25) is 0 Å². The van der Waals surface area contributed by atoms with Gasteiger partial charge in [0.25, 0.3) is 5.91 Å². The molecule has 26 heavy (non-hydrogen) atoms. The molecule has 3 nitrogen and oxygen atoms in total. The van der Waals surface area contributed by atoms with Gasteiger partial charge in [0.1, 0.15) is 0 Å². The summed E-state index contributed by atoms with van der Waals surface area (Å²) < 4.78 is 0. The predicted molar refractivity (Wildman–Crippen MR) is 110 cm³/mol. The summed E-state index contributed by atoms with van der Waals surface area (Å²) >= 11 is 0. The number of allylic oxidation sites excluding steroid dienone is 1. The lowest BCUT2D eigenvalue weighted by molar-refractivity contribution is 0.0755. The van der Waals surface area contributed by atoms with Gasteiger partial charge < -0.3 is 10.6 Å². The summed E-state index contributed by atoms with van der Waals surface area (Å²) in [5.74, 6) is 0.541. The van der Waals surface area contributed by atoms with Crippen molar-refractivity contribution in [3.8, 4) is 11.1 Å². The molecule has 0 saturated heterocycles. The van der Waals surface area contributed by atoms with Gasteiger partial charge in [-0.15, -0.1) is 0 Å². The van der Waals surface area contributed by atoms with Gasteiger partial charge in [-0.3, -0.25) is 4.79 Å². The average molecular weight is 348 g/mol. The van der Waals surface area contributed by atoms with E-state index in [1.54, 1.807) is 0 Å². The molecule has 1 heterocycles. The van der Waals surface area contributed by atoms with Crippen LogP contribution in [-0.2, 0) is 6.54 Å². The summed E-state index contributed by atoms with van der Waals surface area (Å²) in [6, 6.07) is 10.3. The van der Waals surface area contributed by atoms with Crippen molar-refractivity contribution in [3.05, 3.63) is 59.2 Å². The number of benzene rings is 2. The molecule has 1 atom stereocenters. The molecule has 1 aliphatic rings. The van der Waals surface area contributed by atoms with Crippen LogP contribution in [0.3, 0.4) is 0 Å². The minimum atomic E-state index is 0.0619. The highest BCUT2D eigenvalue weighted by molar-refractivity contribution is 6.05. The van der Waals surface area contributed by atoms with Crippen molar-refractivity contribution >= 4 is 17.2 Å². The van der Waals surface area contributed by atoms with Crippen LogP contribution in [0.5, 0.6) is 0 Å². The summed E-state index contributed by atoms with van der Waals surface area (Å²) in [6.45, 7) is 14.0. The highest BCUT2D eigenvalue weighted by Crippen LogP contribution is 2.37. The topological polar surface area (TPSA) is 46.3 Å². The quantitative estimate of drug-likeness (QED) is 0.747. The summed E-state index contributed by atoms with van der Waals surface area (Å²) in [5, 5.41) is 0. The Morgan fingerprint density at radius 2 is 2.04 bits per heavy atom. The molecule has 0 aromatic heterocycles. The largest absolute Gasteiger partial charge is 0.398 e. The van der Waals surface area contributed by atoms with E-state index in [0.717, 1.165) is 40.8 Å². The molecule has 3 heteroatoms. The molecule has 0 spiro atoms. The average Bonchev–Trinajstić information content (AvgIpc) is 2.93. The van der Waals surface area contributed by atoms with Gasteiger partial charge in [-0.1, -0.05) is 50.6 Å². The lowest BCUT2D eigenvalue weighted by Gasteiger charge is -2.19. The molecule has 2 aromatic carbocycles. The second-order valence-corrected chi connectivity index (χ2v) is 7.57. The molecule has 0 saturated carbocycles. The molecule has 1 unspecified atom stereocenters. The summed E-state index contributed by atoms with van der Waals surface area (Å²) in [7, 11) is 0. The number of aryl methyl sites for hydroxylation is 1. The first kappa shape index (κ1) is 18.2. The van der Waals surface area contributed by atoms with Crippen LogP contribution in [0.1, 0.15) is 54.2 Å². The van der Waals surface area contributed by atoms with Crippen LogP contribution in [0.4, 0.5) is 5.69 Å². The minimum absolute atomic E-state index is 0.0619. The van der Waals surface area contributed by atoms with Crippen LogP contribution in [-0.4, -0.2) is 17.4 Å². The molecule has 136 valence electrons. The lowest BCUT2D eigenvalue weighted by Crippen LogP contribution is -2.28. The van der Waals surface area contributed by atoms with Gasteiger partial charge >= 0.3 is 0 Å². The van der Waals surface area contributed by atoms with E-state index in [2.05, 4.69) is 45.5 Å². The van der Waals surface area contributed by atoms with Crippen molar-refractivity contribution in [2.75, 3.05) is 12.3 Å². The van der Waals surface area contributed by atoms with Crippen molar-refractivity contribution in [1.82, 2.24) is 4.90 Å². The molecule has 1 aliphatic heterocycles. The van der Waals surface area contributed by atoms with Gasteiger partial charge in [0.2, 0.25) is 0 Å². The van der Waals surface area contributed by atoms with E-state index in [-0.39, 0.29) is 5.91 Å². The zero-order chi connectivity index (χ0) is 19.0. The standard InChI is InChI=1S/C23H28N2O/c1-6-15(4)12-25-13-20-18(9-10-21(24)22(20)23(25)26)17-8-7-16(5)19(11-17)14(2)3/h7-11,15H,2,6,12-13,24H2,1,3-5H3. The van der Waals surface area contributed by atoms with Crippen LogP contribution in [0.15, 0.2) is 36.9 Å². The van der Waals surface area contributed by atoms with Gasteiger partial charge in [0, 0.05) is 18.8 Å². The Morgan fingerprint density at radius 1 is 1.31 bits per heavy atom. The molecule has 0 bridgehead atoms. The van der Waals surface area contributed by atoms with E-state index in [0.29, 0.717) is 23.7 Å². The third kappa shape index (κ3) is 3.14. The highest BCUT2D eigenvalue weighted by atomic mass is 16.2. The van der Waals surface area contributed by atoms with E-state index in [1.165, 1.54) is 5.56 Å². The van der Waals surface area contributed by atoms with Gasteiger partial charge in [0.05, 0.1) is 5.56 Å². The molecule has 0 fully saturated rings. The molecular weight excluding hydrogens is 320 g/mol. The number of nitrogen functional groups attached to an aromatic ring is 1. The van der Waals surface area contributed by atoms with E-state index in [9.17, 15) is 4.79 Å². The van der Waals surface area contributed by atoms with E-state index < -0.39 is 0 Å². The Morgan fingerprint density at radius 3 is 2.69 bits per heavy atom. The number of carbonyl (C=O) groups is 1. The van der Waals surface area contributed by atoms with Gasteiger partial charge in [-0.2, -0.15) is 0 Å². The molecule has 2 N–H and O–H groups in total. The van der Waals surface area contributed by atoms with Crippen LogP contribution in [0.25, 0.3) is 16.7 Å². The summed E-state index contributed by atoms with van der Waals surface area (Å²) in [4.78, 5) is 14.9. The highest BCUT2D eigenvalue weighted by Gasteiger charge is 2.32. The van der Waals surface area contributed by atoms with Crippen molar-refractivity contribution < 1.29 is 4.79 Å². The number of nitrogens with zero attached hydrogens (tertiary/aromatic N) is 1. The first-order valence-corrected chi connectivity index (χ1v) is 9.31. The molecule has 0 radical (unpaired) electrons. The van der Waals surface area contributed by atoms with Gasteiger partial charge in [-0.05, 0) is 59.7 Å². The summed E-state index contributed by atoms with van der Waals surface area (Å²) in [6.07, 6.45) is 1.06. The van der Waals surface area contributed by atoms with E-state index in [1.807, 2.05) is 24.0 Å². The third-order valence-corrected chi connectivity index (χ3v) is 5.43. The van der Waals surface area contributed by atoms with E-state index in [4.69, 9.17) is 5.73 Å². The molecule has 0 aliphatic carbocycles. The Balaban J connectivity index is 2.07. The molecule has 2 aromatic rings. The maximum absolute atomic E-state index is 12.9. The van der Waals surface area contributed by atoms with Crippen LogP contribution in [0, 0.1) is 12.8 Å². The fraction of sp³-hybridized carbons (Fsp3) is 0.348. The normalized spacial score (nSPS) is 14.5. The number of anilines is 1. The van der Waals surface area contributed by atoms with E-state index >= 15 is 0 Å². The zero-order valence-corrected chi connectivity index (χ0v) is 16.2. The molecule has 3 rings (SSSR count). The molecule has 1 amide bonds. The van der Waals surface area contributed by atoms with Crippen molar-refractivity contribution in [3.63, 3.8) is 0 Å². The smallest absolute Gasteiger partial charge is 0.256 e. The maximum atomic E-state index is 12.9. The predicted octanol–water partition coefficient (Wildman–Crippen LogP) is 5.28. The number of hydrogen-bond acceptors (Lipinski definition) is 2. The van der Waals surface area contributed by atoms with Crippen molar-refractivity contribution in [2.24, 2.45) is 5.92 Å². The number of amides is 1. The Labute approximate surface area is 156 Å². The zero-order valence-electron chi connectivity index (χ0n) is 16.2. The Hall–Kier alpha value is -2.55. The van der Waals surface area contributed by atoms with Crippen molar-refractivity contribution in [1.29, 1.82) is 0 Å². The van der Waals surface area contributed by atoms with Gasteiger partial charge in [-0.25, -0.2) is 0 Å². The second-order valence-electron chi connectivity index (χ2n) is 7.57. The monoisotopic (exact) mass is 348 g/mol. The Kier molecular flexibility index (Phi) is 4.90. The summed E-state index contributed by atoms with van der Waals surface area (Å²) in [5.41, 5.74) is 14.1. The van der Waals surface area contributed by atoms with Crippen LogP contribution < -0.4 is 5.73 Å². The maximum Gasteiger partial charge on any atom is 0.256 e. The van der Waals surface area contributed by atoms with Crippen molar-refractivity contribution in [2.45, 2.75) is 40.7 Å². The SMILES string of the molecule is C=C(C)c1cc(-c2ccc(N)c3c2CN(CC(C)CC)C3=O)ccc1C.